The lowest BCUT2D eigenvalue weighted by Crippen LogP contribution is -2.29. The number of benzene rings is 2. The molecule has 0 radical (unpaired) electrons. The first-order chi connectivity index (χ1) is 13.5. The normalized spacial score (nSPS) is 13.9. The van der Waals surface area contributed by atoms with Crippen LogP contribution in [0, 0.1) is 10.6 Å². The number of halogens is 2. The van der Waals surface area contributed by atoms with Crippen molar-refractivity contribution in [2.45, 2.75) is 32.1 Å². The largest absolute Gasteiger partial charge is 0.496 e. The highest BCUT2D eigenvalue weighted by molar-refractivity contribution is 7.71. The van der Waals surface area contributed by atoms with E-state index in [9.17, 15) is 4.39 Å². The number of ether oxygens (including phenoxy) is 1. The predicted octanol–water partition coefficient (Wildman–Crippen LogP) is 5.03. The molecule has 0 amide bonds. The fourth-order valence-electron chi connectivity index (χ4n) is 3.18. The molecule has 4 rings (SSSR count). The van der Waals surface area contributed by atoms with E-state index in [0.717, 1.165) is 30.5 Å². The first kappa shape index (κ1) is 19.1. The highest BCUT2D eigenvalue weighted by Gasteiger charge is 2.29. The Morgan fingerprint density at radius 3 is 2.71 bits per heavy atom. The molecule has 0 bridgehead atoms. The van der Waals surface area contributed by atoms with Crippen molar-refractivity contribution in [3.8, 4) is 17.1 Å². The summed E-state index contributed by atoms with van der Waals surface area (Å²) in [6.07, 6.45) is 2.30. The average Bonchev–Trinajstić information content (AvgIpc) is 3.47. The monoisotopic (exact) mass is 418 g/mol. The molecule has 28 heavy (non-hydrogen) atoms. The van der Waals surface area contributed by atoms with E-state index >= 15 is 0 Å². The van der Waals surface area contributed by atoms with Crippen molar-refractivity contribution in [3.05, 3.63) is 63.6 Å². The minimum Gasteiger partial charge on any atom is -0.496 e. The summed E-state index contributed by atoms with van der Waals surface area (Å²) in [6.45, 7) is 1.30. The van der Waals surface area contributed by atoms with E-state index in [1.165, 1.54) is 12.1 Å². The van der Waals surface area contributed by atoms with Crippen molar-refractivity contribution in [2.24, 2.45) is 0 Å². The summed E-state index contributed by atoms with van der Waals surface area (Å²) in [5.41, 5.74) is 1.83. The Balaban J connectivity index is 1.58. The molecule has 1 fully saturated rings. The summed E-state index contributed by atoms with van der Waals surface area (Å²) in [6, 6.07) is 12.5. The van der Waals surface area contributed by atoms with E-state index in [2.05, 4.69) is 15.0 Å². The van der Waals surface area contributed by atoms with Crippen molar-refractivity contribution in [1.82, 2.24) is 19.7 Å². The molecule has 8 heteroatoms. The quantitative estimate of drug-likeness (QED) is 0.546. The van der Waals surface area contributed by atoms with E-state index in [4.69, 9.17) is 28.6 Å². The van der Waals surface area contributed by atoms with Crippen molar-refractivity contribution in [3.63, 3.8) is 0 Å². The molecular weight excluding hydrogens is 399 g/mol. The van der Waals surface area contributed by atoms with Gasteiger partial charge in [0.15, 0.2) is 5.82 Å². The summed E-state index contributed by atoms with van der Waals surface area (Å²) in [4.78, 5) is 6.81. The fraction of sp³-hybridized carbons (Fsp3) is 0.300. The van der Waals surface area contributed by atoms with E-state index in [1.54, 1.807) is 25.3 Å². The molecule has 146 valence electrons. The van der Waals surface area contributed by atoms with Gasteiger partial charge in [0.1, 0.15) is 11.6 Å². The van der Waals surface area contributed by atoms with Gasteiger partial charge in [-0.1, -0.05) is 23.7 Å². The third-order valence-electron chi connectivity index (χ3n) is 4.78. The van der Waals surface area contributed by atoms with E-state index in [-0.39, 0.29) is 5.82 Å². The Kier molecular flexibility index (Phi) is 5.48. The van der Waals surface area contributed by atoms with Crippen LogP contribution in [0.4, 0.5) is 4.39 Å². The van der Waals surface area contributed by atoms with Gasteiger partial charge in [-0.25, -0.2) is 9.07 Å². The van der Waals surface area contributed by atoms with Gasteiger partial charge in [0.05, 0.1) is 19.3 Å². The Hall–Kier alpha value is -2.22. The summed E-state index contributed by atoms with van der Waals surface area (Å²) in [5.74, 6) is 1.06. The zero-order valence-corrected chi connectivity index (χ0v) is 16.9. The average molecular weight is 419 g/mol. The fourth-order valence-corrected chi connectivity index (χ4v) is 3.55. The number of rotatable bonds is 7. The molecule has 1 heterocycles. The van der Waals surface area contributed by atoms with E-state index in [1.807, 2.05) is 16.8 Å². The minimum absolute atomic E-state index is 0.224. The predicted molar refractivity (Wildman–Crippen MR) is 109 cm³/mol. The number of nitrogens with zero attached hydrogens (tertiary/aromatic N) is 3. The van der Waals surface area contributed by atoms with Gasteiger partial charge in [-0.2, -0.15) is 4.98 Å². The zero-order valence-electron chi connectivity index (χ0n) is 15.4. The smallest absolute Gasteiger partial charge is 0.217 e. The molecule has 3 aromatic rings. The van der Waals surface area contributed by atoms with Crippen LogP contribution in [0.5, 0.6) is 5.75 Å². The molecule has 0 atom stereocenters. The van der Waals surface area contributed by atoms with Crippen LogP contribution >= 0.6 is 23.8 Å². The molecule has 1 aliphatic carbocycles. The third-order valence-corrected chi connectivity index (χ3v) is 5.33. The molecule has 1 aromatic heterocycles. The van der Waals surface area contributed by atoms with Crippen LogP contribution in [-0.4, -0.2) is 32.8 Å². The van der Waals surface area contributed by atoms with Crippen LogP contribution in [0.2, 0.25) is 5.02 Å². The Labute approximate surface area is 172 Å². The maximum Gasteiger partial charge on any atom is 0.217 e. The number of H-pyrrole nitrogens is 1. The Morgan fingerprint density at radius 2 is 2.04 bits per heavy atom. The van der Waals surface area contributed by atoms with Crippen molar-refractivity contribution >= 4 is 23.8 Å². The molecule has 0 unspecified atom stereocenters. The lowest BCUT2D eigenvalue weighted by Gasteiger charge is -2.22. The molecule has 1 N–H and O–H groups in total. The third kappa shape index (κ3) is 4.27. The van der Waals surface area contributed by atoms with Crippen molar-refractivity contribution < 1.29 is 9.13 Å². The summed E-state index contributed by atoms with van der Waals surface area (Å²) < 4.78 is 20.9. The number of hydrogen-bond acceptors (Lipinski definition) is 4. The standard InChI is InChI=1S/C20H20ClFN4OS/c1-27-18-9-4-14(21)10-17(18)19-23-20(28)26(24-19)12-25(16-7-8-16)11-13-2-5-15(22)6-3-13/h2-6,9-10,16H,7-8,11-12H2,1H3,(H,23,24,28). The summed E-state index contributed by atoms with van der Waals surface area (Å²) in [5, 5.41) is 3.87. The van der Waals surface area contributed by atoms with Gasteiger partial charge in [0, 0.05) is 17.6 Å². The first-order valence-corrected chi connectivity index (χ1v) is 9.81. The Morgan fingerprint density at radius 1 is 1.29 bits per heavy atom. The number of hydrogen-bond donors (Lipinski definition) is 1. The lowest BCUT2D eigenvalue weighted by atomic mass is 10.2. The SMILES string of the molecule is COc1ccc(Cl)cc1-c1nc(=S)n(CN(Cc2ccc(F)cc2)C2CC2)[nH]1. The van der Waals surface area contributed by atoms with Crippen LogP contribution in [0.25, 0.3) is 11.4 Å². The molecule has 5 nitrogen and oxygen atoms in total. The van der Waals surface area contributed by atoms with Gasteiger partial charge >= 0.3 is 0 Å². The van der Waals surface area contributed by atoms with Gasteiger partial charge < -0.3 is 4.74 Å². The van der Waals surface area contributed by atoms with Crippen LogP contribution in [-0.2, 0) is 13.2 Å². The molecule has 0 saturated heterocycles. The zero-order chi connectivity index (χ0) is 19.7. The van der Waals surface area contributed by atoms with E-state index < -0.39 is 0 Å². The summed E-state index contributed by atoms with van der Waals surface area (Å²) in [7, 11) is 1.61. The van der Waals surface area contributed by atoms with E-state index in [0.29, 0.717) is 34.1 Å². The minimum atomic E-state index is -0.224. The van der Waals surface area contributed by atoms with Gasteiger partial charge in [-0.05, 0) is 61.0 Å². The van der Waals surface area contributed by atoms with Crippen molar-refractivity contribution in [2.75, 3.05) is 7.11 Å². The van der Waals surface area contributed by atoms with Crippen molar-refractivity contribution in [1.29, 1.82) is 0 Å². The first-order valence-electron chi connectivity index (χ1n) is 9.03. The molecule has 1 aliphatic rings. The second-order valence-electron chi connectivity index (χ2n) is 6.87. The maximum atomic E-state index is 13.2. The number of methoxy groups -OCH3 is 1. The molecule has 0 aliphatic heterocycles. The lowest BCUT2D eigenvalue weighted by molar-refractivity contribution is 0.187. The van der Waals surface area contributed by atoms with Gasteiger partial charge in [0.25, 0.3) is 0 Å². The molecule has 0 spiro atoms. The molecule has 2 aromatic carbocycles. The molecular formula is C20H20ClFN4OS. The topological polar surface area (TPSA) is 46.1 Å². The van der Waals surface area contributed by atoms with Crippen LogP contribution in [0.3, 0.4) is 0 Å². The Bertz CT molecular complexity index is 1030. The number of aromatic nitrogens is 3. The second-order valence-corrected chi connectivity index (χ2v) is 7.67. The maximum absolute atomic E-state index is 13.2. The number of nitrogens with one attached hydrogen (secondary N) is 1. The highest BCUT2D eigenvalue weighted by atomic mass is 35.5. The van der Waals surface area contributed by atoms with Crippen LogP contribution in [0.15, 0.2) is 42.5 Å². The van der Waals surface area contributed by atoms with Crippen LogP contribution in [0.1, 0.15) is 18.4 Å². The second kappa shape index (κ2) is 8.03. The molecule has 1 saturated carbocycles. The van der Waals surface area contributed by atoms with Gasteiger partial charge in [-0.15, -0.1) is 0 Å². The highest BCUT2D eigenvalue weighted by Crippen LogP contribution is 2.31. The van der Waals surface area contributed by atoms with Gasteiger partial charge in [-0.3, -0.25) is 10.00 Å². The van der Waals surface area contributed by atoms with Gasteiger partial charge in [0.2, 0.25) is 4.77 Å². The van der Waals surface area contributed by atoms with Crippen LogP contribution < -0.4 is 4.74 Å². The number of aromatic amines is 1. The summed E-state index contributed by atoms with van der Waals surface area (Å²) >= 11 is 11.6.